The number of halogens is 1. The van der Waals surface area contributed by atoms with E-state index in [1.165, 1.54) is 16.9 Å². The molecule has 0 bridgehead atoms. The first kappa shape index (κ1) is 19.0. The van der Waals surface area contributed by atoms with Gasteiger partial charge in [-0.25, -0.2) is 0 Å². The van der Waals surface area contributed by atoms with Crippen molar-refractivity contribution in [3.8, 4) is 0 Å². The van der Waals surface area contributed by atoms with Crippen molar-refractivity contribution in [3.63, 3.8) is 0 Å². The average Bonchev–Trinajstić information content (AvgIpc) is 2.82. The summed E-state index contributed by atoms with van der Waals surface area (Å²) in [6, 6.07) is 8.25. The smallest absolute Gasteiger partial charge is 0.285 e. The summed E-state index contributed by atoms with van der Waals surface area (Å²) in [5.74, 6) is 0. The molecule has 24 heavy (non-hydrogen) atoms. The molecule has 0 aliphatic carbocycles. The number of aromatic nitrogens is 1. The molecule has 0 radical (unpaired) electrons. The van der Waals surface area contributed by atoms with Gasteiger partial charge in [-0.15, -0.1) is 15.7 Å². The van der Waals surface area contributed by atoms with E-state index in [9.17, 15) is 8.42 Å². The predicted molar refractivity (Wildman–Crippen MR) is 99.9 cm³/mol. The maximum absolute atomic E-state index is 12.6. The number of thiazole rings is 1. The SMILES string of the molecule is Cc1c(C(C)(C)C)sc(=NS(=O)(=O)c2ccccc2)n1C/C=C\Cl. The van der Waals surface area contributed by atoms with Crippen LogP contribution in [0.3, 0.4) is 0 Å². The highest BCUT2D eigenvalue weighted by atomic mass is 35.5. The third-order valence-corrected chi connectivity index (χ3v) is 6.64. The Morgan fingerprint density at radius 2 is 1.88 bits per heavy atom. The van der Waals surface area contributed by atoms with Crippen molar-refractivity contribution in [2.24, 2.45) is 4.40 Å². The zero-order chi connectivity index (χ0) is 18.0. The predicted octanol–water partition coefficient (Wildman–Crippen LogP) is 4.20. The number of sulfonamides is 1. The second-order valence-corrected chi connectivity index (χ2v) is 9.23. The number of benzene rings is 1. The van der Waals surface area contributed by atoms with Crippen molar-refractivity contribution < 1.29 is 8.42 Å². The van der Waals surface area contributed by atoms with Crippen LogP contribution in [-0.4, -0.2) is 13.0 Å². The third kappa shape index (κ3) is 4.18. The van der Waals surface area contributed by atoms with Crippen molar-refractivity contribution >= 4 is 33.0 Å². The lowest BCUT2D eigenvalue weighted by atomic mass is 9.93. The summed E-state index contributed by atoms with van der Waals surface area (Å²) in [5, 5.41) is 0. The Morgan fingerprint density at radius 1 is 1.25 bits per heavy atom. The number of allylic oxidation sites excluding steroid dienone is 1. The zero-order valence-corrected chi connectivity index (χ0v) is 16.5. The maximum atomic E-state index is 12.6. The third-order valence-electron chi connectivity index (χ3n) is 3.46. The van der Waals surface area contributed by atoms with Gasteiger partial charge >= 0.3 is 0 Å². The summed E-state index contributed by atoms with van der Waals surface area (Å²) in [5.41, 5.74) is 2.34. The van der Waals surface area contributed by atoms with Crippen LogP contribution < -0.4 is 4.80 Å². The molecule has 130 valence electrons. The van der Waals surface area contributed by atoms with Gasteiger partial charge in [0.05, 0.1) is 4.90 Å². The molecule has 1 heterocycles. The van der Waals surface area contributed by atoms with Crippen LogP contribution in [0.25, 0.3) is 0 Å². The highest BCUT2D eigenvalue weighted by Crippen LogP contribution is 2.28. The molecule has 7 heteroatoms. The Balaban J connectivity index is 2.68. The number of nitrogens with zero attached hydrogens (tertiary/aromatic N) is 2. The second kappa shape index (κ2) is 7.25. The molecule has 0 saturated carbocycles. The van der Waals surface area contributed by atoms with Crippen LogP contribution >= 0.6 is 22.9 Å². The molecule has 0 spiro atoms. The number of hydrogen-bond acceptors (Lipinski definition) is 3. The molecule has 1 aromatic heterocycles. The van der Waals surface area contributed by atoms with E-state index in [2.05, 4.69) is 25.2 Å². The van der Waals surface area contributed by atoms with Gasteiger partial charge in [-0.3, -0.25) is 0 Å². The summed E-state index contributed by atoms with van der Waals surface area (Å²) < 4.78 is 31.1. The number of rotatable bonds is 4. The van der Waals surface area contributed by atoms with Gasteiger partial charge in [0, 0.05) is 22.7 Å². The lowest BCUT2D eigenvalue weighted by molar-refractivity contribution is 0.589. The molecule has 4 nitrogen and oxygen atoms in total. The van der Waals surface area contributed by atoms with Crippen molar-refractivity contribution in [2.75, 3.05) is 0 Å². The van der Waals surface area contributed by atoms with E-state index in [4.69, 9.17) is 11.6 Å². The summed E-state index contributed by atoms with van der Waals surface area (Å²) in [6.07, 6.45) is 1.77. The van der Waals surface area contributed by atoms with E-state index in [1.807, 2.05) is 11.5 Å². The van der Waals surface area contributed by atoms with Gasteiger partial charge in [0.15, 0.2) is 0 Å². The Hall–Kier alpha value is -1.37. The molecule has 0 N–H and O–H groups in total. The summed E-state index contributed by atoms with van der Waals surface area (Å²) in [6.45, 7) is 8.76. The maximum Gasteiger partial charge on any atom is 0.285 e. The van der Waals surface area contributed by atoms with Crippen LogP contribution in [-0.2, 0) is 22.0 Å². The van der Waals surface area contributed by atoms with E-state index in [1.54, 1.807) is 36.4 Å². The standard InChI is InChI=1S/C17H21ClN2O2S2/c1-13-15(17(2,3)4)23-16(20(13)12-8-11-18)19-24(21,22)14-9-6-5-7-10-14/h5-11H,12H2,1-4H3/b11-8-,19-16?. The molecule has 2 rings (SSSR count). The largest absolute Gasteiger partial charge is 0.316 e. The van der Waals surface area contributed by atoms with Gasteiger partial charge < -0.3 is 4.57 Å². The van der Waals surface area contributed by atoms with Crippen LogP contribution in [0, 0.1) is 6.92 Å². The Morgan fingerprint density at radius 3 is 2.42 bits per heavy atom. The van der Waals surface area contributed by atoms with Gasteiger partial charge in [0.2, 0.25) is 4.80 Å². The molecule has 0 saturated heterocycles. The van der Waals surface area contributed by atoms with Crippen molar-refractivity contribution in [1.29, 1.82) is 0 Å². The fourth-order valence-electron chi connectivity index (χ4n) is 2.36. The van der Waals surface area contributed by atoms with Crippen LogP contribution in [0.2, 0.25) is 0 Å². The monoisotopic (exact) mass is 384 g/mol. The molecule has 0 atom stereocenters. The molecular weight excluding hydrogens is 364 g/mol. The van der Waals surface area contributed by atoms with Gasteiger partial charge in [-0.05, 0) is 24.5 Å². The van der Waals surface area contributed by atoms with Crippen LogP contribution in [0.5, 0.6) is 0 Å². The molecule has 0 amide bonds. The van der Waals surface area contributed by atoms with E-state index in [-0.39, 0.29) is 10.3 Å². The van der Waals surface area contributed by atoms with Gasteiger partial charge in [0.1, 0.15) is 0 Å². The second-order valence-electron chi connectivity index (χ2n) is 6.40. The highest BCUT2D eigenvalue weighted by molar-refractivity contribution is 7.90. The molecular formula is C17H21ClN2O2S2. The van der Waals surface area contributed by atoms with Crippen LogP contribution in [0.15, 0.2) is 51.2 Å². The molecule has 2 aromatic rings. The zero-order valence-electron chi connectivity index (χ0n) is 14.2. The Labute approximate surface area is 152 Å². The summed E-state index contributed by atoms with van der Waals surface area (Å²) in [4.78, 5) is 1.75. The van der Waals surface area contributed by atoms with Crippen molar-refractivity contribution in [1.82, 2.24) is 4.57 Å². The first-order valence-electron chi connectivity index (χ1n) is 7.49. The Kier molecular flexibility index (Phi) is 5.73. The normalized spacial score (nSPS) is 13.8. The van der Waals surface area contributed by atoms with Crippen molar-refractivity contribution in [2.45, 2.75) is 44.6 Å². The number of hydrogen-bond donors (Lipinski definition) is 0. The minimum Gasteiger partial charge on any atom is -0.316 e. The fourth-order valence-corrected chi connectivity index (χ4v) is 4.86. The van der Waals surface area contributed by atoms with E-state index in [0.29, 0.717) is 11.3 Å². The van der Waals surface area contributed by atoms with Gasteiger partial charge in [-0.2, -0.15) is 8.42 Å². The van der Waals surface area contributed by atoms with Gasteiger partial charge in [0.25, 0.3) is 10.0 Å². The van der Waals surface area contributed by atoms with E-state index < -0.39 is 10.0 Å². The van der Waals surface area contributed by atoms with E-state index >= 15 is 0 Å². The highest BCUT2D eigenvalue weighted by Gasteiger charge is 2.22. The quantitative estimate of drug-likeness (QED) is 0.793. The van der Waals surface area contributed by atoms with Crippen LogP contribution in [0.1, 0.15) is 31.3 Å². The average molecular weight is 385 g/mol. The molecule has 1 aromatic carbocycles. The lowest BCUT2D eigenvalue weighted by Crippen LogP contribution is -2.18. The molecule has 0 aliphatic rings. The lowest BCUT2D eigenvalue weighted by Gasteiger charge is -2.17. The first-order valence-corrected chi connectivity index (χ1v) is 10.2. The minimum atomic E-state index is -3.75. The topological polar surface area (TPSA) is 51.4 Å². The molecule has 0 fully saturated rings. The first-order chi connectivity index (χ1) is 11.2. The summed E-state index contributed by atoms with van der Waals surface area (Å²) in [7, 11) is -3.75. The minimum absolute atomic E-state index is 0.0918. The Bertz CT molecular complexity index is 902. The fraction of sp³-hybridized carbons (Fsp3) is 0.353. The van der Waals surface area contributed by atoms with Gasteiger partial charge in [-0.1, -0.05) is 56.6 Å². The molecule has 0 unspecified atom stereocenters. The van der Waals surface area contributed by atoms with Crippen molar-refractivity contribution in [3.05, 3.63) is 57.3 Å². The van der Waals surface area contributed by atoms with E-state index in [0.717, 1.165) is 10.6 Å². The van der Waals surface area contributed by atoms with Crippen LogP contribution in [0.4, 0.5) is 0 Å². The summed E-state index contributed by atoms with van der Waals surface area (Å²) >= 11 is 7.05. The molecule has 0 aliphatic heterocycles.